The number of likely N-dealkylation sites (tertiary alicyclic amines) is 2. The molecule has 2 aliphatic rings. The first-order valence-electron chi connectivity index (χ1n) is 15.0. The van der Waals surface area contributed by atoms with E-state index in [2.05, 4.69) is 25.4 Å². The Kier molecular flexibility index (Phi) is 9.23. The number of rotatable bonds is 9. The molecule has 2 fully saturated rings. The average Bonchev–Trinajstić information content (AvgIpc) is 3.80. The van der Waals surface area contributed by atoms with Gasteiger partial charge in [-0.05, 0) is 103 Å². The Labute approximate surface area is 276 Å². The first kappa shape index (κ1) is 31.9. The summed E-state index contributed by atoms with van der Waals surface area (Å²) in [6, 6.07) is 14.7. The van der Waals surface area contributed by atoms with Crippen molar-refractivity contribution in [2.24, 2.45) is 0 Å². The molecule has 240 valence electrons. The molecule has 0 unspecified atom stereocenters. The van der Waals surface area contributed by atoms with E-state index in [0.29, 0.717) is 66.1 Å². The lowest BCUT2D eigenvalue weighted by Gasteiger charge is -2.41. The molecule has 0 aliphatic carbocycles. The number of nitrogens with zero attached hydrogens (tertiary/aromatic N) is 7. The van der Waals surface area contributed by atoms with Crippen LogP contribution in [-0.4, -0.2) is 91.8 Å². The maximum atomic E-state index is 14.1. The molecule has 14 heteroatoms. The molecule has 2 saturated heterocycles. The highest BCUT2D eigenvalue weighted by molar-refractivity contribution is 6.42. The quantitative estimate of drug-likeness (QED) is 0.200. The SMILES string of the molecule is COc1ccc(-n2cnnn2)cc1C(=O)N1CC[C@](CCN2CCC(C(=O)NO)(c3cccnc3)CC2)(c2ccc(Cl)c(Cl)c2)C1. The number of methoxy groups -OCH3 is 1. The molecule has 2 aromatic heterocycles. The first-order chi connectivity index (χ1) is 22.3. The predicted octanol–water partition coefficient (Wildman–Crippen LogP) is 4.09. The summed E-state index contributed by atoms with van der Waals surface area (Å²) in [4.78, 5) is 35.4. The van der Waals surface area contributed by atoms with Gasteiger partial charge in [-0.15, -0.1) is 5.10 Å². The molecule has 1 atom stereocenters. The van der Waals surface area contributed by atoms with E-state index in [1.807, 2.05) is 28.6 Å². The fraction of sp³-hybridized carbons (Fsp3) is 0.375. The van der Waals surface area contributed by atoms with Crippen molar-refractivity contribution >= 4 is 35.0 Å². The van der Waals surface area contributed by atoms with Crippen molar-refractivity contribution in [2.45, 2.75) is 36.5 Å². The van der Waals surface area contributed by atoms with Gasteiger partial charge in [-0.3, -0.25) is 19.8 Å². The molecule has 4 heterocycles. The third-order valence-corrected chi connectivity index (χ3v) is 10.3. The zero-order valence-electron chi connectivity index (χ0n) is 25.3. The Hall–Kier alpha value is -4.10. The van der Waals surface area contributed by atoms with Crippen LogP contribution < -0.4 is 10.2 Å². The average molecular weight is 666 g/mol. The van der Waals surface area contributed by atoms with Gasteiger partial charge in [-0.25, -0.2) is 10.2 Å². The minimum atomic E-state index is -0.854. The number of halogens is 2. The van der Waals surface area contributed by atoms with Crippen molar-refractivity contribution in [3.8, 4) is 11.4 Å². The Morgan fingerprint density at radius 1 is 1.02 bits per heavy atom. The van der Waals surface area contributed by atoms with Crippen LogP contribution in [0.2, 0.25) is 10.0 Å². The first-order valence-corrected chi connectivity index (χ1v) is 15.8. The Bertz CT molecular complexity index is 1700. The topological polar surface area (TPSA) is 139 Å². The maximum absolute atomic E-state index is 14.1. The van der Waals surface area contributed by atoms with Crippen LogP contribution in [0.15, 0.2) is 67.3 Å². The van der Waals surface area contributed by atoms with Crippen molar-refractivity contribution in [2.75, 3.05) is 39.8 Å². The summed E-state index contributed by atoms with van der Waals surface area (Å²) in [5, 5.41) is 21.9. The number of tetrazole rings is 1. The van der Waals surface area contributed by atoms with Crippen molar-refractivity contribution in [1.29, 1.82) is 0 Å². The molecule has 0 bridgehead atoms. The summed E-state index contributed by atoms with van der Waals surface area (Å²) in [6.45, 7) is 3.07. The van der Waals surface area contributed by atoms with Gasteiger partial charge in [0.15, 0.2) is 0 Å². The molecule has 4 aromatic rings. The number of aromatic nitrogens is 5. The number of amides is 2. The number of hydrogen-bond acceptors (Lipinski definition) is 9. The second-order valence-corrected chi connectivity index (χ2v) is 12.7. The molecule has 46 heavy (non-hydrogen) atoms. The molecule has 12 nitrogen and oxygen atoms in total. The molecule has 0 saturated carbocycles. The van der Waals surface area contributed by atoms with E-state index in [9.17, 15) is 14.8 Å². The predicted molar refractivity (Wildman–Crippen MR) is 171 cm³/mol. The van der Waals surface area contributed by atoms with Crippen LogP contribution in [0.1, 0.15) is 47.2 Å². The molecule has 0 radical (unpaired) electrons. The summed E-state index contributed by atoms with van der Waals surface area (Å²) in [5.41, 5.74) is 3.53. The number of hydroxylamine groups is 1. The van der Waals surface area contributed by atoms with Crippen LogP contribution in [0.4, 0.5) is 0 Å². The van der Waals surface area contributed by atoms with Gasteiger partial charge in [0.2, 0.25) is 0 Å². The van der Waals surface area contributed by atoms with Crippen molar-refractivity contribution in [3.63, 3.8) is 0 Å². The highest BCUT2D eigenvalue weighted by Gasteiger charge is 2.45. The summed E-state index contributed by atoms with van der Waals surface area (Å²) in [6.07, 6.45) is 7.39. The number of nitrogens with one attached hydrogen (secondary N) is 1. The number of hydrogen-bond donors (Lipinski definition) is 2. The van der Waals surface area contributed by atoms with Crippen LogP contribution in [0, 0.1) is 0 Å². The van der Waals surface area contributed by atoms with E-state index < -0.39 is 11.3 Å². The number of pyridine rings is 1. The van der Waals surface area contributed by atoms with Crippen LogP contribution >= 0.6 is 23.2 Å². The zero-order chi connectivity index (χ0) is 32.3. The second kappa shape index (κ2) is 13.3. The van der Waals surface area contributed by atoms with E-state index in [-0.39, 0.29) is 11.3 Å². The van der Waals surface area contributed by atoms with Gasteiger partial charge in [0.1, 0.15) is 12.1 Å². The molecule has 0 spiro atoms. The van der Waals surface area contributed by atoms with Gasteiger partial charge in [0, 0.05) is 30.9 Å². The lowest BCUT2D eigenvalue weighted by atomic mass is 9.72. The van der Waals surface area contributed by atoms with E-state index in [0.717, 1.165) is 30.5 Å². The highest BCUT2D eigenvalue weighted by Crippen LogP contribution is 2.42. The van der Waals surface area contributed by atoms with Crippen molar-refractivity contribution in [3.05, 3.63) is 94.0 Å². The lowest BCUT2D eigenvalue weighted by molar-refractivity contribution is -0.137. The van der Waals surface area contributed by atoms with Crippen LogP contribution in [0.5, 0.6) is 5.75 Å². The van der Waals surface area contributed by atoms with Crippen LogP contribution in [0.25, 0.3) is 5.69 Å². The molecule has 2 amide bonds. The standard InChI is InChI=1S/C32H34Cl2N8O4/c1-46-28-7-5-24(42-21-36-38-39-42)18-25(28)29(43)41-16-9-31(20-41,22-4-6-26(33)27(34)17-22)8-13-40-14-10-32(11-15-40,30(44)37-45)23-3-2-12-35-19-23/h2-7,12,17-19,21,45H,8-11,13-16,20H2,1H3,(H,37,44)/t31-/m0/s1. The molecular formula is C32H34Cl2N8O4. The van der Waals surface area contributed by atoms with E-state index in [4.69, 9.17) is 27.9 Å². The molecule has 6 rings (SSSR count). The number of benzene rings is 2. The molecule has 2 aromatic carbocycles. The minimum Gasteiger partial charge on any atom is -0.496 e. The molecule has 2 N–H and O–H groups in total. The summed E-state index contributed by atoms with van der Waals surface area (Å²) < 4.78 is 7.06. The van der Waals surface area contributed by atoms with E-state index in [1.54, 1.807) is 49.8 Å². The fourth-order valence-electron chi connectivity index (χ4n) is 6.84. The molecule has 2 aliphatic heterocycles. The minimum absolute atomic E-state index is 0.150. The van der Waals surface area contributed by atoms with Gasteiger partial charge < -0.3 is 14.5 Å². The van der Waals surface area contributed by atoms with Crippen LogP contribution in [0.3, 0.4) is 0 Å². The number of carbonyl (C=O) groups excluding carboxylic acids is 2. The summed E-state index contributed by atoms with van der Waals surface area (Å²) >= 11 is 12.8. The number of carbonyl (C=O) groups is 2. The summed E-state index contributed by atoms with van der Waals surface area (Å²) in [5.74, 6) is -0.105. The largest absolute Gasteiger partial charge is 0.496 e. The van der Waals surface area contributed by atoms with Crippen molar-refractivity contribution < 1.29 is 19.5 Å². The van der Waals surface area contributed by atoms with Gasteiger partial charge in [-0.1, -0.05) is 35.3 Å². The normalized spacial score (nSPS) is 19.6. The zero-order valence-corrected chi connectivity index (χ0v) is 26.8. The van der Waals surface area contributed by atoms with E-state index >= 15 is 0 Å². The molecular weight excluding hydrogens is 631 g/mol. The monoisotopic (exact) mass is 664 g/mol. The Morgan fingerprint density at radius 2 is 1.85 bits per heavy atom. The lowest BCUT2D eigenvalue weighted by Crippen LogP contribution is -2.51. The van der Waals surface area contributed by atoms with Crippen LogP contribution in [-0.2, 0) is 15.6 Å². The van der Waals surface area contributed by atoms with Gasteiger partial charge in [0.25, 0.3) is 11.8 Å². The Balaban J connectivity index is 1.23. The second-order valence-electron chi connectivity index (χ2n) is 11.9. The highest BCUT2D eigenvalue weighted by atomic mass is 35.5. The van der Waals surface area contributed by atoms with Gasteiger partial charge in [0.05, 0.1) is 33.8 Å². The number of ether oxygens (including phenoxy) is 1. The third-order valence-electron chi connectivity index (χ3n) is 9.57. The third kappa shape index (κ3) is 6.05. The number of piperidine rings is 1. The van der Waals surface area contributed by atoms with Crippen molar-refractivity contribution in [1.82, 2.24) is 40.5 Å². The smallest absolute Gasteiger partial charge is 0.257 e. The van der Waals surface area contributed by atoms with Gasteiger partial charge in [-0.2, -0.15) is 0 Å². The maximum Gasteiger partial charge on any atom is 0.257 e. The Morgan fingerprint density at radius 3 is 2.52 bits per heavy atom. The van der Waals surface area contributed by atoms with Gasteiger partial charge >= 0.3 is 0 Å². The van der Waals surface area contributed by atoms with E-state index in [1.165, 1.54) is 11.0 Å². The fourth-order valence-corrected chi connectivity index (χ4v) is 7.14. The summed E-state index contributed by atoms with van der Waals surface area (Å²) in [7, 11) is 1.54.